The first-order chi connectivity index (χ1) is 6.09. The van der Waals surface area contributed by atoms with Crippen molar-refractivity contribution >= 4 is 17.4 Å². The molecule has 0 spiro atoms. The van der Waals surface area contributed by atoms with Gasteiger partial charge in [0.05, 0.1) is 6.20 Å². The molecule has 0 saturated heterocycles. The van der Waals surface area contributed by atoms with E-state index in [0.29, 0.717) is 0 Å². The molecular weight excluding hydrogens is 193 g/mol. The normalized spacial score (nSPS) is 18.4. The van der Waals surface area contributed by atoms with Gasteiger partial charge in [-0.2, -0.15) is 4.98 Å². The summed E-state index contributed by atoms with van der Waals surface area (Å²) in [5.74, 6) is -0.266. The monoisotopic (exact) mass is 201 g/mol. The highest BCUT2D eigenvalue weighted by atomic mass is 35.5. The zero-order valence-electron chi connectivity index (χ0n) is 7.14. The molecule has 0 aromatic carbocycles. The van der Waals surface area contributed by atoms with Gasteiger partial charge in [-0.3, -0.25) is 0 Å². The Morgan fingerprint density at radius 2 is 2.31 bits per heavy atom. The van der Waals surface area contributed by atoms with Crippen molar-refractivity contribution in [2.45, 2.75) is 25.3 Å². The third-order valence-corrected chi connectivity index (χ3v) is 2.32. The van der Waals surface area contributed by atoms with E-state index in [1.54, 1.807) is 0 Å². The van der Waals surface area contributed by atoms with Gasteiger partial charge in [-0.05, 0) is 31.4 Å². The maximum absolute atomic E-state index is 13.1. The van der Waals surface area contributed by atoms with Crippen LogP contribution in [0.1, 0.15) is 19.8 Å². The standard InChI is InChI=1S/C8H9ClFN3/c1-8(2-3-8)13-6-5(10)4-11-7(9)12-6/h4H,2-3H2,1H3,(H,11,12,13). The lowest BCUT2D eigenvalue weighted by molar-refractivity contribution is 0.611. The molecule has 1 fully saturated rings. The highest BCUT2D eigenvalue weighted by Gasteiger charge is 2.38. The molecule has 0 aliphatic heterocycles. The summed E-state index contributed by atoms with van der Waals surface area (Å²) in [4.78, 5) is 7.30. The summed E-state index contributed by atoms with van der Waals surface area (Å²) in [5, 5.41) is 3.05. The molecule has 1 N–H and O–H groups in total. The number of anilines is 1. The molecule has 0 amide bonds. The summed E-state index contributed by atoms with van der Waals surface area (Å²) in [5.41, 5.74) is -0.00147. The number of nitrogens with one attached hydrogen (secondary N) is 1. The van der Waals surface area contributed by atoms with Crippen LogP contribution in [-0.2, 0) is 0 Å². The van der Waals surface area contributed by atoms with E-state index in [2.05, 4.69) is 15.3 Å². The predicted molar refractivity (Wildman–Crippen MR) is 48.3 cm³/mol. The lowest BCUT2D eigenvalue weighted by Gasteiger charge is -2.12. The first kappa shape index (κ1) is 8.69. The molecule has 0 bridgehead atoms. The van der Waals surface area contributed by atoms with E-state index in [9.17, 15) is 4.39 Å². The van der Waals surface area contributed by atoms with E-state index in [1.807, 2.05) is 6.92 Å². The fourth-order valence-corrected chi connectivity index (χ4v) is 1.16. The van der Waals surface area contributed by atoms with Gasteiger partial charge in [-0.25, -0.2) is 9.37 Å². The van der Waals surface area contributed by atoms with Gasteiger partial charge in [0.25, 0.3) is 0 Å². The quantitative estimate of drug-likeness (QED) is 0.746. The summed E-state index contributed by atoms with van der Waals surface area (Å²) < 4.78 is 13.1. The topological polar surface area (TPSA) is 37.8 Å². The zero-order chi connectivity index (χ0) is 9.47. The highest BCUT2D eigenvalue weighted by Crippen LogP contribution is 2.38. The van der Waals surface area contributed by atoms with Crippen molar-refractivity contribution in [1.29, 1.82) is 0 Å². The highest BCUT2D eigenvalue weighted by molar-refractivity contribution is 6.28. The molecule has 13 heavy (non-hydrogen) atoms. The Morgan fingerprint density at radius 3 is 2.92 bits per heavy atom. The van der Waals surface area contributed by atoms with E-state index < -0.39 is 5.82 Å². The number of nitrogens with zero attached hydrogens (tertiary/aromatic N) is 2. The number of hydrogen-bond donors (Lipinski definition) is 1. The van der Waals surface area contributed by atoms with Crippen molar-refractivity contribution in [2.75, 3.05) is 5.32 Å². The Hall–Kier alpha value is -0.900. The molecule has 70 valence electrons. The number of rotatable bonds is 2. The molecule has 2 rings (SSSR count). The lowest BCUT2D eigenvalue weighted by Crippen LogP contribution is -2.18. The Labute approximate surface area is 80.3 Å². The number of halogens is 2. The van der Waals surface area contributed by atoms with Crippen molar-refractivity contribution in [1.82, 2.24) is 9.97 Å². The van der Waals surface area contributed by atoms with E-state index >= 15 is 0 Å². The largest absolute Gasteiger partial charge is 0.362 e. The molecule has 0 radical (unpaired) electrons. The molecule has 0 atom stereocenters. The van der Waals surface area contributed by atoms with E-state index in [-0.39, 0.29) is 16.6 Å². The second-order valence-electron chi connectivity index (χ2n) is 3.52. The van der Waals surface area contributed by atoms with Gasteiger partial charge in [0, 0.05) is 5.54 Å². The third kappa shape index (κ3) is 1.88. The minimum Gasteiger partial charge on any atom is -0.362 e. The maximum Gasteiger partial charge on any atom is 0.224 e. The van der Waals surface area contributed by atoms with E-state index in [4.69, 9.17) is 11.6 Å². The fourth-order valence-electron chi connectivity index (χ4n) is 1.03. The zero-order valence-corrected chi connectivity index (χ0v) is 7.90. The third-order valence-electron chi connectivity index (χ3n) is 2.13. The maximum atomic E-state index is 13.1. The Balaban J connectivity index is 2.23. The Morgan fingerprint density at radius 1 is 1.62 bits per heavy atom. The average Bonchev–Trinajstić information content (AvgIpc) is 2.76. The summed E-state index contributed by atoms with van der Waals surface area (Å²) in [6.45, 7) is 2.02. The molecule has 1 heterocycles. The second-order valence-corrected chi connectivity index (χ2v) is 3.86. The summed E-state index contributed by atoms with van der Waals surface area (Å²) in [6, 6.07) is 0. The van der Waals surface area contributed by atoms with E-state index in [0.717, 1.165) is 19.0 Å². The number of hydrogen-bond acceptors (Lipinski definition) is 3. The van der Waals surface area contributed by atoms with Gasteiger partial charge in [0.2, 0.25) is 5.28 Å². The average molecular weight is 202 g/mol. The minimum atomic E-state index is -0.461. The smallest absolute Gasteiger partial charge is 0.224 e. The van der Waals surface area contributed by atoms with Crippen LogP contribution in [0.25, 0.3) is 0 Å². The molecule has 1 aromatic heterocycles. The van der Waals surface area contributed by atoms with Crippen LogP contribution in [0.2, 0.25) is 5.28 Å². The molecule has 1 aliphatic rings. The first-order valence-electron chi connectivity index (χ1n) is 4.05. The molecule has 3 nitrogen and oxygen atoms in total. The van der Waals surface area contributed by atoms with E-state index in [1.165, 1.54) is 0 Å². The summed E-state index contributed by atoms with van der Waals surface area (Å²) in [7, 11) is 0. The van der Waals surface area contributed by atoms with Crippen molar-refractivity contribution < 1.29 is 4.39 Å². The van der Waals surface area contributed by atoms with Gasteiger partial charge in [-0.1, -0.05) is 0 Å². The van der Waals surface area contributed by atoms with Crippen LogP contribution < -0.4 is 5.32 Å². The van der Waals surface area contributed by atoms with Crippen LogP contribution in [-0.4, -0.2) is 15.5 Å². The van der Waals surface area contributed by atoms with Crippen LogP contribution in [0, 0.1) is 5.82 Å². The van der Waals surface area contributed by atoms with Gasteiger partial charge < -0.3 is 5.32 Å². The van der Waals surface area contributed by atoms with Crippen molar-refractivity contribution in [3.63, 3.8) is 0 Å². The molecule has 1 saturated carbocycles. The van der Waals surface area contributed by atoms with Crippen LogP contribution in [0.3, 0.4) is 0 Å². The minimum absolute atomic E-state index is 0.00147. The molecule has 1 aliphatic carbocycles. The Bertz CT molecular complexity index is 338. The van der Waals surface area contributed by atoms with Crippen molar-refractivity contribution in [2.24, 2.45) is 0 Å². The van der Waals surface area contributed by atoms with Crippen LogP contribution in [0.4, 0.5) is 10.2 Å². The molecule has 1 aromatic rings. The van der Waals surface area contributed by atoms with Crippen LogP contribution >= 0.6 is 11.6 Å². The Kier molecular flexibility index (Phi) is 1.87. The lowest BCUT2D eigenvalue weighted by atomic mass is 10.3. The molecule has 0 unspecified atom stereocenters. The van der Waals surface area contributed by atoms with Crippen molar-refractivity contribution in [3.05, 3.63) is 17.3 Å². The first-order valence-corrected chi connectivity index (χ1v) is 4.43. The van der Waals surface area contributed by atoms with Crippen molar-refractivity contribution in [3.8, 4) is 0 Å². The second kappa shape index (κ2) is 2.80. The van der Waals surface area contributed by atoms with Gasteiger partial charge in [-0.15, -0.1) is 0 Å². The van der Waals surface area contributed by atoms with Gasteiger partial charge in [0.15, 0.2) is 11.6 Å². The van der Waals surface area contributed by atoms with Gasteiger partial charge in [0.1, 0.15) is 0 Å². The van der Waals surface area contributed by atoms with Gasteiger partial charge >= 0.3 is 0 Å². The summed E-state index contributed by atoms with van der Waals surface area (Å²) in [6.07, 6.45) is 3.14. The number of aromatic nitrogens is 2. The molecular formula is C8H9ClFN3. The predicted octanol–water partition coefficient (Wildman–Crippen LogP) is 2.23. The summed E-state index contributed by atoms with van der Waals surface area (Å²) >= 11 is 5.54. The van der Waals surface area contributed by atoms with Crippen LogP contribution in [0.5, 0.6) is 0 Å². The fraction of sp³-hybridized carbons (Fsp3) is 0.500. The molecule has 5 heteroatoms. The van der Waals surface area contributed by atoms with Crippen LogP contribution in [0.15, 0.2) is 6.20 Å². The SMILES string of the molecule is CC1(Nc2nc(Cl)ncc2F)CC1.